The first-order chi connectivity index (χ1) is 30.1. The van der Waals surface area contributed by atoms with Gasteiger partial charge in [-0.25, -0.2) is 0 Å². The molecule has 0 amide bonds. The van der Waals surface area contributed by atoms with Gasteiger partial charge < -0.3 is 14.0 Å². The molecule has 300 valence electrons. The summed E-state index contributed by atoms with van der Waals surface area (Å²) in [4.78, 5) is 7.96. The zero-order chi connectivity index (χ0) is 41.8. The van der Waals surface area contributed by atoms with Gasteiger partial charge in [-0.15, -0.1) is 0 Å². The van der Waals surface area contributed by atoms with Crippen LogP contribution in [-0.4, -0.2) is 14.8 Å². The highest BCUT2D eigenvalue weighted by molar-refractivity contribution is 6.25. The van der Waals surface area contributed by atoms with Crippen molar-refractivity contribution in [1.82, 2.24) is 9.13 Å². The van der Waals surface area contributed by atoms with Crippen LogP contribution in [0.15, 0.2) is 204 Å². The van der Waals surface area contributed by atoms with Crippen molar-refractivity contribution in [2.45, 2.75) is 53.4 Å². The summed E-state index contributed by atoms with van der Waals surface area (Å²) in [5, 5.41) is 4.99. The average Bonchev–Trinajstić information content (AvgIpc) is 3.92. The number of hydrogen-bond donors (Lipinski definition) is 0. The highest BCUT2D eigenvalue weighted by Crippen LogP contribution is 2.63. The van der Waals surface area contributed by atoms with Gasteiger partial charge in [0, 0.05) is 57.2 Å². The monoisotopic (exact) mass is 792 g/mol. The van der Waals surface area contributed by atoms with Crippen molar-refractivity contribution in [3.8, 4) is 0 Å². The zero-order valence-electron chi connectivity index (χ0n) is 36.0. The molecule has 2 aromatic heterocycles. The molecular formula is C57H52N4. The van der Waals surface area contributed by atoms with Gasteiger partial charge in [0.15, 0.2) is 0 Å². The number of rotatable bonds is 1. The number of para-hydroxylation sites is 4. The summed E-state index contributed by atoms with van der Waals surface area (Å²) >= 11 is 0. The van der Waals surface area contributed by atoms with Gasteiger partial charge in [-0.2, -0.15) is 0 Å². The predicted octanol–water partition coefficient (Wildman–Crippen LogP) is 15.2. The fraction of sp³-hybridized carbons (Fsp3) is 0.175. The largest absolute Gasteiger partial charge is 0.311 e. The molecule has 7 aromatic rings. The number of nitrogens with zero attached hydrogens (tertiary/aromatic N) is 4. The molecule has 5 heterocycles. The Hall–Kier alpha value is -6.91. The van der Waals surface area contributed by atoms with E-state index in [1.807, 2.05) is 40.0 Å². The van der Waals surface area contributed by atoms with Crippen LogP contribution in [0.2, 0.25) is 0 Å². The third-order valence-electron chi connectivity index (χ3n) is 13.1. The van der Waals surface area contributed by atoms with Crippen molar-refractivity contribution in [3.05, 3.63) is 205 Å². The lowest BCUT2D eigenvalue weighted by Gasteiger charge is -2.45. The maximum atomic E-state index is 5.37. The highest BCUT2D eigenvalue weighted by Gasteiger charge is 2.54. The van der Waals surface area contributed by atoms with E-state index in [-0.39, 0.29) is 11.8 Å². The van der Waals surface area contributed by atoms with Crippen LogP contribution < -0.4 is 4.90 Å². The molecule has 61 heavy (non-hydrogen) atoms. The molecule has 5 aromatic carbocycles. The van der Waals surface area contributed by atoms with Crippen LogP contribution >= 0.6 is 0 Å². The number of benzene rings is 5. The first-order valence-corrected chi connectivity index (χ1v) is 22.1. The normalized spacial score (nSPS) is 24.8. The molecule has 0 radical (unpaired) electrons. The summed E-state index contributed by atoms with van der Waals surface area (Å²) in [6.45, 7) is 12.9. The number of allylic oxidation sites excluding steroid dienone is 14. The SMILES string of the molecule is CC.CC.CC1C=CC2C3=C1C1(C)C(=C(C3)n3c4ccccc4c4ccc5c6ccccc6n(c5c43)C3=C/C2=N/C=C\C=C/C=C\C=C\3)N(c2ccccc2)c2ccccc21. The van der Waals surface area contributed by atoms with Gasteiger partial charge in [0.1, 0.15) is 0 Å². The first kappa shape index (κ1) is 38.3. The van der Waals surface area contributed by atoms with Crippen molar-refractivity contribution in [2.24, 2.45) is 16.8 Å². The van der Waals surface area contributed by atoms with Crippen LogP contribution in [0.4, 0.5) is 11.4 Å². The summed E-state index contributed by atoms with van der Waals surface area (Å²) in [5.74, 6) is 0.196. The molecule has 0 saturated carbocycles. The van der Waals surface area contributed by atoms with Crippen molar-refractivity contribution in [1.29, 1.82) is 0 Å². The summed E-state index contributed by atoms with van der Waals surface area (Å²) in [6.07, 6.45) is 24.8. The first-order valence-electron chi connectivity index (χ1n) is 22.1. The lowest BCUT2D eigenvalue weighted by molar-refractivity contribution is 0.557. The Morgan fingerprint density at radius 3 is 1.95 bits per heavy atom. The maximum absolute atomic E-state index is 5.37. The minimum absolute atomic E-state index is 0.0335. The second-order valence-corrected chi connectivity index (χ2v) is 16.0. The Labute approximate surface area is 359 Å². The number of hydrogen-bond acceptors (Lipinski definition) is 2. The molecule has 0 spiro atoms. The van der Waals surface area contributed by atoms with Gasteiger partial charge in [-0.1, -0.05) is 168 Å². The maximum Gasteiger partial charge on any atom is 0.0788 e. The van der Waals surface area contributed by atoms with E-state index in [2.05, 4.69) is 198 Å². The third kappa shape index (κ3) is 5.54. The smallest absolute Gasteiger partial charge is 0.0788 e. The molecule has 4 bridgehead atoms. The molecule has 0 fully saturated rings. The van der Waals surface area contributed by atoms with Gasteiger partial charge in [-0.3, -0.25) is 4.99 Å². The number of fused-ring (bicyclic) bond motifs is 15. The molecule has 0 N–H and O–H groups in total. The molecule has 4 heteroatoms. The zero-order valence-corrected chi connectivity index (χ0v) is 36.0. The second-order valence-electron chi connectivity index (χ2n) is 16.0. The minimum atomic E-state index is -0.425. The quantitative estimate of drug-likeness (QED) is 0.152. The van der Waals surface area contributed by atoms with Crippen LogP contribution in [0.5, 0.6) is 0 Å². The molecule has 0 saturated heterocycles. The second kappa shape index (κ2) is 15.3. The van der Waals surface area contributed by atoms with Crippen molar-refractivity contribution in [2.75, 3.05) is 4.90 Å². The Bertz CT molecular complexity index is 3180. The van der Waals surface area contributed by atoms with Crippen molar-refractivity contribution in [3.63, 3.8) is 0 Å². The van der Waals surface area contributed by atoms with Gasteiger partial charge in [0.05, 0.1) is 44.6 Å². The van der Waals surface area contributed by atoms with Crippen molar-refractivity contribution < 1.29 is 0 Å². The average molecular weight is 793 g/mol. The highest BCUT2D eigenvalue weighted by atomic mass is 15.2. The molecule has 3 aliphatic heterocycles. The van der Waals surface area contributed by atoms with E-state index in [9.17, 15) is 0 Å². The number of aliphatic imine (C=N–C) groups is 1. The van der Waals surface area contributed by atoms with E-state index in [0.717, 1.165) is 17.8 Å². The predicted molar refractivity (Wildman–Crippen MR) is 262 cm³/mol. The summed E-state index contributed by atoms with van der Waals surface area (Å²) in [6, 6.07) is 42.8. The van der Waals surface area contributed by atoms with Crippen LogP contribution in [0, 0.1) is 11.8 Å². The topological polar surface area (TPSA) is 25.5 Å². The molecule has 3 unspecified atom stereocenters. The standard InChI is InChI=1S/C53H40N4.2C2H6/c1-34-27-28-37-42-33-48(52-53(2,49(34)42)43-23-13-16-26-47(43)56(52)35-18-9-7-10-19-35)57-46-25-15-12-22-39(46)41-30-29-40-38-21-11-14-24-45(38)55(50(40)51(41)57)36-20-8-5-3-4-6-17-31-54-44(37)32-36;2*1-2/h3-32,34,37H,33H2,1-2H3;2*1-2H3/b4-3?,5-3-,6-4-,8-5?,17-6?,20-8+,31-17-,36-20?,36-32+,44-32?,54-31?,54-44-;;. The van der Waals surface area contributed by atoms with Crippen LogP contribution in [0.25, 0.3) is 55.0 Å². The third-order valence-corrected chi connectivity index (χ3v) is 13.1. The van der Waals surface area contributed by atoms with Gasteiger partial charge in [0.25, 0.3) is 0 Å². The Morgan fingerprint density at radius 1 is 0.607 bits per heavy atom. The Balaban J connectivity index is 0.00000108. The minimum Gasteiger partial charge on any atom is -0.311 e. The van der Waals surface area contributed by atoms with E-state index in [1.54, 1.807) is 0 Å². The lowest BCUT2D eigenvalue weighted by atomic mass is 9.61. The fourth-order valence-corrected chi connectivity index (χ4v) is 10.9. The Morgan fingerprint density at radius 2 is 1.21 bits per heavy atom. The van der Waals surface area contributed by atoms with E-state index >= 15 is 0 Å². The molecule has 12 rings (SSSR count). The van der Waals surface area contributed by atoms with Crippen LogP contribution in [-0.2, 0) is 5.41 Å². The van der Waals surface area contributed by atoms with Gasteiger partial charge in [0.2, 0.25) is 0 Å². The van der Waals surface area contributed by atoms with Crippen LogP contribution in [0.3, 0.4) is 0 Å². The lowest BCUT2D eigenvalue weighted by Crippen LogP contribution is -2.39. The van der Waals surface area contributed by atoms with E-state index in [1.165, 1.54) is 83.1 Å². The molecule has 4 nitrogen and oxygen atoms in total. The molecule has 2 aliphatic carbocycles. The fourth-order valence-electron chi connectivity index (χ4n) is 10.9. The van der Waals surface area contributed by atoms with Crippen molar-refractivity contribution >= 4 is 72.1 Å². The number of anilines is 2. The van der Waals surface area contributed by atoms with Gasteiger partial charge >= 0.3 is 0 Å². The number of aromatic nitrogens is 2. The van der Waals surface area contributed by atoms with E-state index in [0.29, 0.717) is 0 Å². The van der Waals surface area contributed by atoms with Crippen LogP contribution in [0.1, 0.15) is 53.5 Å². The molecule has 5 aliphatic rings. The summed E-state index contributed by atoms with van der Waals surface area (Å²) in [7, 11) is 0. The molecule has 3 atom stereocenters. The Kier molecular flexibility index (Phi) is 9.60. The van der Waals surface area contributed by atoms with Gasteiger partial charge in [-0.05, 0) is 72.5 Å². The summed E-state index contributed by atoms with van der Waals surface area (Å²) < 4.78 is 5.18. The van der Waals surface area contributed by atoms with E-state index in [4.69, 9.17) is 4.99 Å². The summed E-state index contributed by atoms with van der Waals surface area (Å²) in [5.41, 5.74) is 15.9. The van der Waals surface area contributed by atoms with E-state index < -0.39 is 5.41 Å². The molecular weight excluding hydrogens is 741 g/mol.